The summed E-state index contributed by atoms with van der Waals surface area (Å²) in [6, 6.07) is 0.621. The predicted octanol–water partition coefficient (Wildman–Crippen LogP) is -0.959. The molecule has 0 saturated carbocycles. The van der Waals surface area contributed by atoms with Crippen molar-refractivity contribution in [2.45, 2.75) is 6.04 Å². The van der Waals surface area contributed by atoms with E-state index in [9.17, 15) is 0 Å². The van der Waals surface area contributed by atoms with Gasteiger partial charge in [-0.2, -0.15) is 0 Å². The van der Waals surface area contributed by atoms with Gasteiger partial charge >= 0.3 is 0 Å². The quantitative estimate of drug-likeness (QED) is 0.560. The standard InChI is InChI=1S/C10H24N4/c1-13(2)6-4-11-8-10-9-14(3)7-5-12-10/h10-12H,4-9H2,1-3H3. The van der Waals surface area contributed by atoms with Crippen LogP contribution in [0.3, 0.4) is 0 Å². The topological polar surface area (TPSA) is 30.5 Å². The lowest BCUT2D eigenvalue weighted by molar-refractivity contribution is 0.234. The molecule has 1 aliphatic rings. The lowest BCUT2D eigenvalue weighted by atomic mass is 10.2. The van der Waals surface area contributed by atoms with Gasteiger partial charge in [0.05, 0.1) is 0 Å². The summed E-state index contributed by atoms with van der Waals surface area (Å²) >= 11 is 0. The third kappa shape index (κ3) is 4.91. The Bertz CT molecular complexity index is 149. The van der Waals surface area contributed by atoms with Gasteiger partial charge in [0, 0.05) is 45.3 Å². The molecule has 84 valence electrons. The Hall–Kier alpha value is -0.160. The number of rotatable bonds is 5. The number of nitrogens with one attached hydrogen (secondary N) is 2. The fourth-order valence-corrected chi connectivity index (χ4v) is 1.71. The van der Waals surface area contributed by atoms with E-state index in [1.807, 2.05) is 0 Å². The zero-order valence-electron chi connectivity index (χ0n) is 9.71. The van der Waals surface area contributed by atoms with Crippen LogP contribution in [0.25, 0.3) is 0 Å². The van der Waals surface area contributed by atoms with Crippen LogP contribution >= 0.6 is 0 Å². The van der Waals surface area contributed by atoms with Gasteiger partial charge in [-0.1, -0.05) is 0 Å². The van der Waals surface area contributed by atoms with Crippen molar-refractivity contribution in [3.8, 4) is 0 Å². The van der Waals surface area contributed by atoms with Gasteiger partial charge in [0.2, 0.25) is 0 Å². The van der Waals surface area contributed by atoms with Crippen LogP contribution in [0, 0.1) is 0 Å². The van der Waals surface area contributed by atoms with Gasteiger partial charge in [-0.05, 0) is 21.1 Å². The van der Waals surface area contributed by atoms with Crippen molar-refractivity contribution in [3.63, 3.8) is 0 Å². The molecule has 1 fully saturated rings. The third-order valence-electron chi connectivity index (χ3n) is 2.59. The second kappa shape index (κ2) is 6.35. The summed E-state index contributed by atoms with van der Waals surface area (Å²) in [5.41, 5.74) is 0. The van der Waals surface area contributed by atoms with Gasteiger partial charge in [0.15, 0.2) is 0 Å². The molecule has 0 aromatic carbocycles. The summed E-state index contributed by atoms with van der Waals surface area (Å²) in [6.07, 6.45) is 0. The molecule has 1 aliphatic heterocycles. The molecule has 0 spiro atoms. The summed E-state index contributed by atoms with van der Waals surface area (Å²) < 4.78 is 0. The van der Waals surface area contributed by atoms with Crippen LogP contribution in [0.4, 0.5) is 0 Å². The zero-order valence-corrected chi connectivity index (χ0v) is 9.71. The van der Waals surface area contributed by atoms with Crippen LogP contribution in [0.15, 0.2) is 0 Å². The fourth-order valence-electron chi connectivity index (χ4n) is 1.71. The molecule has 0 aliphatic carbocycles. The molecular weight excluding hydrogens is 176 g/mol. The average Bonchev–Trinajstić information content (AvgIpc) is 2.12. The summed E-state index contributed by atoms with van der Waals surface area (Å²) in [5, 5.41) is 7.00. The molecule has 0 amide bonds. The van der Waals surface area contributed by atoms with Gasteiger partial charge in [0.1, 0.15) is 0 Å². The van der Waals surface area contributed by atoms with E-state index >= 15 is 0 Å². The van der Waals surface area contributed by atoms with E-state index in [0.29, 0.717) is 6.04 Å². The van der Waals surface area contributed by atoms with Crippen LogP contribution < -0.4 is 10.6 Å². The maximum absolute atomic E-state index is 3.52. The number of hydrogen-bond donors (Lipinski definition) is 2. The molecule has 1 rings (SSSR count). The second-order valence-electron chi connectivity index (χ2n) is 4.42. The van der Waals surface area contributed by atoms with Crippen LogP contribution in [-0.2, 0) is 0 Å². The Kier molecular flexibility index (Phi) is 5.40. The first-order chi connectivity index (χ1) is 6.68. The largest absolute Gasteiger partial charge is 0.314 e. The summed E-state index contributed by atoms with van der Waals surface area (Å²) in [4.78, 5) is 4.59. The van der Waals surface area contributed by atoms with Crippen LogP contribution in [0.5, 0.6) is 0 Å². The van der Waals surface area contributed by atoms with E-state index in [2.05, 4.69) is 41.6 Å². The molecule has 2 N–H and O–H groups in total. The Labute approximate surface area is 87.6 Å². The Balaban J connectivity index is 2.00. The first-order valence-electron chi connectivity index (χ1n) is 5.46. The van der Waals surface area contributed by atoms with E-state index in [4.69, 9.17) is 0 Å². The Morgan fingerprint density at radius 2 is 2.29 bits per heavy atom. The van der Waals surface area contributed by atoms with Crippen molar-refractivity contribution in [1.82, 2.24) is 20.4 Å². The van der Waals surface area contributed by atoms with Crippen LogP contribution in [-0.4, -0.2) is 76.3 Å². The van der Waals surface area contributed by atoms with Gasteiger partial charge in [-0.25, -0.2) is 0 Å². The molecular formula is C10H24N4. The molecule has 0 bridgehead atoms. The molecule has 0 radical (unpaired) electrons. The monoisotopic (exact) mass is 200 g/mol. The number of likely N-dealkylation sites (N-methyl/N-ethyl adjacent to an activating group) is 2. The highest BCUT2D eigenvalue weighted by Gasteiger charge is 2.15. The fraction of sp³-hybridized carbons (Fsp3) is 1.00. The van der Waals surface area contributed by atoms with E-state index in [1.54, 1.807) is 0 Å². The van der Waals surface area contributed by atoms with Crippen molar-refractivity contribution in [3.05, 3.63) is 0 Å². The van der Waals surface area contributed by atoms with Crippen molar-refractivity contribution in [1.29, 1.82) is 0 Å². The van der Waals surface area contributed by atoms with Crippen molar-refractivity contribution >= 4 is 0 Å². The first-order valence-corrected chi connectivity index (χ1v) is 5.46. The first kappa shape index (κ1) is 11.9. The van der Waals surface area contributed by atoms with Crippen molar-refractivity contribution in [2.75, 3.05) is 60.4 Å². The number of nitrogens with zero attached hydrogens (tertiary/aromatic N) is 2. The number of hydrogen-bond acceptors (Lipinski definition) is 4. The SMILES string of the molecule is CN(C)CCNCC1CN(C)CCN1. The van der Waals surface area contributed by atoms with E-state index in [0.717, 1.165) is 32.7 Å². The van der Waals surface area contributed by atoms with Crippen LogP contribution in [0.2, 0.25) is 0 Å². The average molecular weight is 200 g/mol. The highest BCUT2D eigenvalue weighted by Crippen LogP contribution is 1.93. The Morgan fingerprint density at radius 3 is 2.93 bits per heavy atom. The molecule has 1 saturated heterocycles. The molecule has 0 aromatic rings. The summed E-state index contributed by atoms with van der Waals surface area (Å²) in [5.74, 6) is 0. The number of piperazine rings is 1. The predicted molar refractivity (Wildman–Crippen MR) is 60.7 cm³/mol. The highest BCUT2D eigenvalue weighted by atomic mass is 15.2. The lowest BCUT2D eigenvalue weighted by Gasteiger charge is -2.31. The molecule has 14 heavy (non-hydrogen) atoms. The maximum atomic E-state index is 3.52. The molecule has 1 atom stereocenters. The van der Waals surface area contributed by atoms with Gasteiger partial charge in [-0.3, -0.25) is 0 Å². The summed E-state index contributed by atoms with van der Waals surface area (Å²) in [7, 11) is 6.40. The second-order valence-corrected chi connectivity index (χ2v) is 4.42. The minimum absolute atomic E-state index is 0.621. The van der Waals surface area contributed by atoms with Gasteiger partial charge < -0.3 is 20.4 Å². The maximum Gasteiger partial charge on any atom is 0.0320 e. The zero-order chi connectivity index (χ0) is 10.4. The minimum atomic E-state index is 0.621. The molecule has 0 aromatic heterocycles. The van der Waals surface area contributed by atoms with E-state index < -0.39 is 0 Å². The highest BCUT2D eigenvalue weighted by molar-refractivity contribution is 4.78. The van der Waals surface area contributed by atoms with Crippen LogP contribution in [0.1, 0.15) is 0 Å². The minimum Gasteiger partial charge on any atom is -0.314 e. The smallest absolute Gasteiger partial charge is 0.0320 e. The molecule has 4 heteroatoms. The molecule has 1 heterocycles. The summed E-state index contributed by atoms with van der Waals surface area (Å²) in [6.45, 7) is 6.73. The molecule has 4 nitrogen and oxygen atoms in total. The normalized spacial score (nSPS) is 24.4. The van der Waals surface area contributed by atoms with Gasteiger partial charge in [-0.15, -0.1) is 0 Å². The van der Waals surface area contributed by atoms with Crippen molar-refractivity contribution < 1.29 is 0 Å². The Morgan fingerprint density at radius 1 is 1.50 bits per heavy atom. The molecule has 1 unspecified atom stereocenters. The van der Waals surface area contributed by atoms with Crippen molar-refractivity contribution in [2.24, 2.45) is 0 Å². The lowest BCUT2D eigenvalue weighted by Crippen LogP contribution is -2.53. The van der Waals surface area contributed by atoms with E-state index in [-0.39, 0.29) is 0 Å². The van der Waals surface area contributed by atoms with E-state index in [1.165, 1.54) is 6.54 Å². The van der Waals surface area contributed by atoms with Gasteiger partial charge in [0.25, 0.3) is 0 Å². The third-order valence-corrected chi connectivity index (χ3v) is 2.59.